The van der Waals surface area contributed by atoms with Gasteiger partial charge in [-0.1, -0.05) is 0 Å². The Kier molecular flexibility index (Phi) is 4.48. The Bertz CT molecular complexity index is 1070. The molecule has 1 aliphatic rings. The fourth-order valence-electron chi connectivity index (χ4n) is 3.11. The lowest BCUT2D eigenvalue weighted by Crippen LogP contribution is -2.06. The van der Waals surface area contributed by atoms with E-state index in [0.717, 1.165) is 11.6 Å². The average molecular weight is 381 g/mol. The second-order valence-electron chi connectivity index (χ2n) is 6.23. The number of hydrogen-bond donors (Lipinski definition) is 3. The Balaban J connectivity index is 1.62. The van der Waals surface area contributed by atoms with Gasteiger partial charge in [0, 0.05) is 30.9 Å². The van der Waals surface area contributed by atoms with Crippen molar-refractivity contribution in [1.82, 2.24) is 15.0 Å². The standard InChI is InChI=1S/C19H16FN5O3/c20-12-6-10(5-11(7-12)18(26)27)8-23-17-13-2-4-28-16(13)14(9-24-17)15-1-3-22-19(21)25-15/h1,3,5-7,9H,2,4,8H2,(H,23,24)(H,26,27)(H2,21,22,25). The van der Waals surface area contributed by atoms with E-state index >= 15 is 0 Å². The van der Waals surface area contributed by atoms with E-state index in [1.54, 1.807) is 18.5 Å². The van der Waals surface area contributed by atoms with Gasteiger partial charge in [0.1, 0.15) is 17.4 Å². The van der Waals surface area contributed by atoms with Crippen molar-refractivity contribution in [3.8, 4) is 17.0 Å². The Hall–Kier alpha value is -3.75. The summed E-state index contributed by atoms with van der Waals surface area (Å²) in [4.78, 5) is 23.6. The molecule has 2 aromatic heterocycles. The molecule has 0 bridgehead atoms. The summed E-state index contributed by atoms with van der Waals surface area (Å²) < 4.78 is 19.4. The SMILES string of the molecule is Nc1nccc(-c2cnc(NCc3cc(F)cc(C(=O)O)c3)c3c2OCC3)n1. The Morgan fingerprint density at radius 3 is 2.96 bits per heavy atom. The summed E-state index contributed by atoms with van der Waals surface area (Å²) in [5.74, 6) is -0.358. The predicted octanol–water partition coefficient (Wildman–Crippen LogP) is 2.51. The number of benzene rings is 1. The monoisotopic (exact) mass is 381 g/mol. The zero-order valence-corrected chi connectivity index (χ0v) is 14.6. The van der Waals surface area contributed by atoms with Crippen LogP contribution in [0.15, 0.2) is 36.7 Å². The van der Waals surface area contributed by atoms with E-state index in [1.807, 2.05) is 0 Å². The number of aromatic carboxylic acids is 1. The highest BCUT2D eigenvalue weighted by Crippen LogP contribution is 2.39. The van der Waals surface area contributed by atoms with Crippen molar-refractivity contribution >= 4 is 17.7 Å². The number of carboxylic acid groups (broad SMARTS) is 1. The number of halogens is 1. The summed E-state index contributed by atoms with van der Waals surface area (Å²) in [7, 11) is 0. The minimum atomic E-state index is -1.18. The van der Waals surface area contributed by atoms with Crippen LogP contribution in [-0.2, 0) is 13.0 Å². The van der Waals surface area contributed by atoms with Crippen molar-refractivity contribution in [2.24, 2.45) is 0 Å². The smallest absolute Gasteiger partial charge is 0.335 e. The molecular weight excluding hydrogens is 365 g/mol. The molecule has 0 atom stereocenters. The molecule has 0 saturated heterocycles. The summed E-state index contributed by atoms with van der Waals surface area (Å²) in [6, 6.07) is 5.42. The number of ether oxygens (including phenoxy) is 1. The molecule has 0 fully saturated rings. The number of fused-ring (bicyclic) bond motifs is 1. The maximum absolute atomic E-state index is 13.7. The van der Waals surface area contributed by atoms with Crippen LogP contribution in [0.5, 0.6) is 5.75 Å². The topological polar surface area (TPSA) is 123 Å². The third kappa shape index (κ3) is 3.41. The van der Waals surface area contributed by atoms with Crippen molar-refractivity contribution in [1.29, 1.82) is 0 Å². The van der Waals surface area contributed by atoms with Crippen LogP contribution in [0.3, 0.4) is 0 Å². The molecule has 0 saturated carbocycles. The minimum absolute atomic E-state index is 0.102. The maximum Gasteiger partial charge on any atom is 0.335 e. The first-order valence-electron chi connectivity index (χ1n) is 8.51. The minimum Gasteiger partial charge on any atom is -0.492 e. The number of nitrogens with zero attached hydrogens (tertiary/aromatic N) is 3. The molecule has 8 nitrogen and oxygen atoms in total. The molecule has 0 amide bonds. The predicted molar refractivity (Wildman–Crippen MR) is 99.6 cm³/mol. The number of nitrogen functional groups attached to an aromatic ring is 1. The number of nitrogens with two attached hydrogens (primary N) is 1. The fourth-order valence-corrected chi connectivity index (χ4v) is 3.11. The quantitative estimate of drug-likeness (QED) is 0.616. The lowest BCUT2D eigenvalue weighted by Gasteiger charge is -2.13. The first-order chi connectivity index (χ1) is 13.5. The van der Waals surface area contributed by atoms with E-state index in [2.05, 4.69) is 20.3 Å². The van der Waals surface area contributed by atoms with E-state index in [1.165, 1.54) is 12.1 Å². The fraction of sp³-hybridized carbons (Fsp3) is 0.158. The van der Waals surface area contributed by atoms with Gasteiger partial charge in [-0.2, -0.15) is 0 Å². The van der Waals surface area contributed by atoms with Gasteiger partial charge in [0.15, 0.2) is 0 Å². The number of pyridine rings is 1. The van der Waals surface area contributed by atoms with Gasteiger partial charge in [-0.15, -0.1) is 0 Å². The number of anilines is 2. The largest absolute Gasteiger partial charge is 0.492 e. The molecule has 1 aromatic carbocycles. The van der Waals surface area contributed by atoms with Gasteiger partial charge in [0.05, 0.1) is 23.4 Å². The average Bonchev–Trinajstić information content (AvgIpc) is 3.15. The zero-order valence-electron chi connectivity index (χ0n) is 14.6. The van der Waals surface area contributed by atoms with Crippen molar-refractivity contribution in [3.63, 3.8) is 0 Å². The normalized spacial score (nSPS) is 12.3. The molecular formula is C19H16FN5O3. The first-order valence-corrected chi connectivity index (χ1v) is 8.51. The Morgan fingerprint density at radius 2 is 2.18 bits per heavy atom. The maximum atomic E-state index is 13.7. The van der Waals surface area contributed by atoms with Gasteiger partial charge < -0.3 is 20.9 Å². The van der Waals surface area contributed by atoms with Crippen molar-refractivity contribution in [2.75, 3.05) is 17.7 Å². The first kappa shape index (κ1) is 17.7. The number of carbonyl (C=O) groups is 1. The molecule has 9 heteroatoms. The molecule has 4 N–H and O–H groups in total. The second kappa shape index (κ2) is 7.10. The lowest BCUT2D eigenvalue weighted by atomic mass is 10.1. The van der Waals surface area contributed by atoms with Gasteiger partial charge in [-0.05, 0) is 29.8 Å². The van der Waals surface area contributed by atoms with Crippen molar-refractivity contribution < 1.29 is 19.0 Å². The van der Waals surface area contributed by atoms with Gasteiger partial charge >= 0.3 is 5.97 Å². The molecule has 28 heavy (non-hydrogen) atoms. The highest BCUT2D eigenvalue weighted by Gasteiger charge is 2.23. The van der Waals surface area contributed by atoms with E-state index < -0.39 is 11.8 Å². The molecule has 0 radical (unpaired) electrons. The van der Waals surface area contributed by atoms with Crippen LogP contribution >= 0.6 is 0 Å². The van der Waals surface area contributed by atoms with Gasteiger partial charge in [0.25, 0.3) is 0 Å². The van der Waals surface area contributed by atoms with E-state index in [4.69, 9.17) is 15.6 Å². The van der Waals surface area contributed by atoms with Crippen molar-refractivity contribution in [2.45, 2.75) is 13.0 Å². The van der Waals surface area contributed by atoms with Crippen LogP contribution in [0.4, 0.5) is 16.2 Å². The highest BCUT2D eigenvalue weighted by atomic mass is 19.1. The third-order valence-electron chi connectivity index (χ3n) is 4.34. The molecule has 1 aliphatic heterocycles. The molecule has 4 rings (SSSR count). The molecule has 3 heterocycles. The van der Waals surface area contributed by atoms with Crippen LogP contribution in [0.1, 0.15) is 21.5 Å². The Morgan fingerprint density at radius 1 is 1.32 bits per heavy atom. The van der Waals surface area contributed by atoms with E-state index in [-0.39, 0.29) is 18.1 Å². The summed E-state index contributed by atoms with van der Waals surface area (Å²) >= 11 is 0. The van der Waals surface area contributed by atoms with Crippen LogP contribution in [0.25, 0.3) is 11.3 Å². The van der Waals surface area contributed by atoms with Crippen LogP contribution < -0.4 is 15.8 Å². The number of rotatable bonds is 5. The molecule has 3 aromatic rings. The summed E-state index contributed by atoms with van der Waals surface area (Å²) in [6.07, 6.45) is 3.85. The van der Waals surface area contributed by atoms with Gasteiger partial charge in [-0.25, -0.2) is 24.1 Å². The second-order valence-corrected chi connectivity index (χ2v) is 6.23. The number of carboxylic acids is 1. The van der Waals surface area contributed by atoms with E-state index in [9.17, 15) is 9.18 Å². The highest BCUT2D eigenvalue weighted by molar-refractivity contribution is 5.87. The van der Waals surface area contributed by atoms with Gasteiger partial charge in [0.2, 0.25) is 5.95 Å². The van der Waals surface area contributed by atoms with E-state index in [0.29, 0.717) is 41.4 Å². The molecule has 0 spiro atoms. The molecule has 142 valence electrons. The Labute approximate surface area is 159 Å². The summed E-state index contributed by atoms with van der Waals surface area (Å²) in [5, 5.41) is 12.2. The van der Waals surface area contributed by atoms with Crippen molar-refractivity contribution in [3.05, 3.63) is 59.2 Å². The molecule has 0 aliphatic carbocycles. The zero-order chi connectivity index (χ0) is 19.7. The third-order valence-corrected chi connectivity index (χ3v) is 4.34. The lowest BCUT2D eigenvalue weighted by molar-refractivity contribution is 0.0696. The van der Waals surface area contributed by atoms with Crippen LogP contribution in [-0.4, -0.2) is 32.6 Å². The molecule has 0 unspecified atom stereocenters. The van der Waals surface area contributed by atoms with Gasteiger partial charge in [-0.3, -0.25) is 0 Å². The van der Waals surface area contributed by atoms with Crippen LogP contribution in [0.2, 0.25) is 0 Å². The number of nitrogens with one attached hydrogen (secondary N) is 1. The number of aromatic nitrogens is 3. The number of hydrogen-bond acceptors (Lipinski definition) is 7. The summed E-state index contributed by atoms with van der Waals surface area (Å²) in [5.41, 5.74) is 8.26. The van der Waals surface area contributed by atoms with Crippen LogP contribution in [0, 0.1) is 5.82 Å². The summed E-state index contributed by atoms with van der Waals surface area (Å²) in [6.45, 7) is 0.726.